The summed E-state index contributed by atoms with van der Waals surface area (Å²) in [4.78, 5) is 16.4. The van der Waals surface area contributed by atoms with Gasteiger partial charge in [-0.25, -0.2) is 4.98 Å². The summed E-state index contributed by atoms with van der Waals surface area (Å²) in [6.45, 7) is 6.14. The van der Waals surface area contributed by atoms with Crippen molar-refractivity contribution in [3.63, 3.8) is 0 Å². The van der Waals surface area contributed by atoms with Crippen molar-refractivity contribution in [1.82, 2.24) is 24.3 Å². The molecule has 3 rings (SSSR count). The van der Waals surface area contributed by atoms with E-state index in [1.165, 1.54) is 0 Å². The van der Waals surface area contributed by atoms with E-state index >= 15 is 0 Å². The fourth-order valence-corrected chi connectivity index (χ4v) is 2.69. The van der Waals surface area contributed by atoms with E-state index < -0.39 is 5.91 Å². The monoisotopic (exact) mass is 324 g/mol. The van der Waals surface area contributed by atoms with Crippen molar-refractivity contribution >= 4 is 5.91 Å². The highest BCUT2D eigenvalue weighted by Gasteiger charge is 2.16. The fraction of sp³-hybridized carbons (Fsp3) is 0.294. The van der Waals surface area contributed by atoms with Gasteiger partial charge in [0.25, 0.3) is 5.91 Å². The average molecular weight is 324 g/mol. The van der Waals surface area contributed by atoms with Crippen molar-refractivity contribution in [2.45, 2.75) is 33.2 Å². The molecule has 0 aliphatic rings. The quantitative estimate of drug-likeness (QED) is 0.780. The molecule has 0 atom stereocenters. The van der Waals surface area contributed by atoms with E-state index in [2.05, 4.69) is 29.0 Å². The summed E-state index contributed by atoms with van der Waals surface area (Å²) < 4.78 is 3.75. The zero-order chi connectivity index (χ0) is 17.3. The fourth-order valence-electron chi connectivity index (χ4n) is 2.69. The van der Waals surface area contributed by atoms with Crippen LogP contribution in [0.15, 0.2) is 36.7 Å². The lowest BCUT2D eigenvalue weighted by molar-refractivity contribution is 0.0993. The molecule has 1 amide bonds. The molecule has 3 aromatic heterocycles. The Hall–Kier alpha value is -2.96. The summed E-state index contributed by atoms with van der Waals surface area (Å²) in [5, 5.41) is 8.16. The van der Waals surface area contributed by atoms with E-state index in [4.69, 9.17) is 5.73 Å². The van der Waals surface area contributed by atoms with E-state index in [0.29, 0.717) is 23.0 Å². The Morgan fingerprint density at radius 2 is 2.04 bits per heavy atom. The van der Waals surface area contributed by atoms with Crippen LogP contribution < -0.4 is 5.73 Å². The number of aromatic nitrogens is 5. The lowest BCUT2D eigenvalue weighted by atomic mass is 10.3. The van der Waals surface area contributed by atoms with Crippen LogP contribution in [0.3, 0.4) is 0 Å². The Bertz CT molecular complexity index is 877. The molecule has 7 heteroatoms. The molecule has 7 nitrogen and oxygen atoms in total. The van der Waals surface area contributed by atoms with Crippen LogP contribution in [0.1, 0.15) is 43.0 Å². The molecule has 0 unspecified atom stereocenters. The maximum absolute atomic E-state index is 11.7. The number of amides is 1. The summed E-state index contributed by atoms with van der Waals surface area (Å²) in [5.74, 6) is 0.853. The number of primary amides is 1. The summed E-state index contributed by atoms with van der Waals surface area (Å²) in [7, 11) is 0. The van der Waals surface area contributed by atoms with Crippen molar-refractivity contribution in [3.8, 4) is 17.3 Å². The molecule has 0 fully saturated rings. The van der Waals surface area contributed by atoms with Crippen LogP contribution in [0.4, 0.5) is 0 Å². The largest absolute Gasteiger partial charge is 0.364 e. The van der Waals surface area contributed by atoms with Crippen molar-refractivity contribution in [2.24, 2.45) is 5.73 Å². The molecule has 0 spiro atoms. The maximum Gasteiger partial charge on any atom is 0.265 e. The smallest absolute Gasteiger partial charge is 0.265 e. The van der Waals surface area contributed by atoms with Crippen molar-refractivity contribution in [3.05, 3.63) is 48.0 Å². The Morgan fingerprint density at radius 3 is 2.71 bits per heavy atom. The molecule has 0 saturated heterocycles. The van der Waals surface area contributed by atoms with Crippen molar-refractivity contribution in [1.29, 1.82) is 0 Å². The topological polar surface area (TPSA) is 91.6 Å². The number of hydrogen-bond acceptors (Lipinski definition) is 4. The number of pyridine rings is 1. The molecular weight excluding hydrogens is 304 g/mol. The standard InChI is InChI=1S/C17H20N6O/c1-4-12-8-9-14(16(18)24)23(12)15-7-5-6-13(20-15)17-21-19-10-22(17)11(2)3/h5-11H,4H2,1-3H3,(H2,18,24). The number of nitrogens with zero attached hydrogens (tertiary/aromatic N) is 5. The third-order valence-corrected chi connectivity index (χ3v) is 3.90. The number of aryl methyl sites for hydroxylation is 1. The SMILES string of the molecule is CCc1ccc(C(N)=O)n1-c1cccc(-c2nncn2C(C)C)n1. The minimum atomic E-state index is -0.479. The molecule has 0 radical (unpaired) electrons. The van der Waals surface area contributed by atoms with Gasteiger partial charge in [-0.3, -0.25) is 9.36 Å². The molecule has 0 saturated carbocycles. The van der Waals surface area contributed by atoms with Crippen LogP contribution in [-0.2, 0) is 6.42 Å². The van der Waals surface area contributed by atoms with Crippen LogP contribution in [0.25, 0.3) is 17.3 Å². The van der Waals surface area contributed by atoms with Gasteiger partial charge in [-0.2, -0.15) is 0 Å². The molecule has 3 heterocycles. The van der Waals surface area contributed by atoms with E-state index in [9.17, 15) is 4.79 Å². The van der Waals surface area contributed by atoms with Gasteiger partial charge in [0, 0.05) is 11.7 Å². The highest BCUT2D eigenvalue weighted by Crippen LogP contribution is 2.22. The average Bonchev–Trinajstić information content (AvgIpc) is 3.21. The van der Waals surface area contributed by atoms with Gasteiger partial charge < -0.3 is 10.3 Å². The van der Waals surface area contributed by atoms with Crippen LogP contribution in [-0.4, -0.2) is 30.2 Å². The summed E-state index contributed by atoms with van der Waals surface area (Å²) in [6, 6.07) is 9.47. The first-order valence-corrected chi connectivity index (χ1v) is 7.90. The van der Waals surface area contributed by atoms with Gasteiger partial charge >= 0.3 is 0 Å². The predicted molar refractivity (Wildman–Crippen MR) is 90.9 cm³/mol. The number of carbonyl (C=O) groups excluding carboxylic acids is 1. The van der Waals surface area contributed by atoms with Crippen LogP contribution in [0.2, 0.25) is 0 Å². The summed E-state index contributed by atoms with van der Waals surface area (Å²) >= 11 is 0. The second-order valence-electron chi connectivity index (χ2n) is 5.80. The second kappa shape index (κ2) is 6.27. The Kier molecular flexibility index (Phi) is 4.16. The number of nitrogens with two attached hydrogens (primary N) is 1. The molecule has 0 aliphatic heterocycles. The molecule has 0 bridgehead atoms. The van der Waals surface area contributed by atoms with Crippen molar-refractivity contribution in [2.75, 3.05) is 0 Å². The molecule has 24 heavy (non-hydrogen) atoms. The van der Waals surface area contributed by atoms with Gasteiger partial charge in [0.05, 0.1) is 0 Å². The first-order valence-electron chi connectivity index (χ1n) is 7.90. The number of hydrogen-bond donors (Lipinski definition) is 1. The van der Waals surface area contributed by atoms with Crippen LogP contribution >= 0.6 is 0 Å². The molecule has 3 aromatic rings. The van der Waals surface area contributed by atoms with E-state index in [1.54, 1.807) is 17.0 Å². The highest BCUT2D eigenvalue weighted by atomic mass is 16.1. The minimum Gasteiger partial charge on any atom is -0.364 e. The Balaban J connectivity index is 2.14. The van der Waals surface area contributed by atoms with Gasteiger partial charge in [0.2, 0.25) is 0 Å². The van der Waals surface area contributed by atoms with Crippen LogP contribution in [0, 0.1) is 0 Å². The maximum atomic E-state index is 11.7. The van der Waals surface area contributed by atoms with E-state index in [0.717, 1.165) is 12.1 Å². The van der Waals surface area contributed by atoms with Gasteiger partial charge in [-0.05, 0) is 44.5 Å². The van der Waals surface area contributed by atoms with Crippen LogP contribution in [0.5, 0.6) is 0 Å². The highest BCUT2D eigenvalue weighted by molar-refractivity contribution is 5.92. The zero-order valence-corrected chi connectivity index (χ0v) is 14.0. The Morgan fingerprint density at radius 1 is 1.25 bits per heavy atom. The molecule has 0 aliphatic carbocycles. The molecule has 124 valence electrons. The molecule has 2 N–H and O–H groups in total. The number of carbonyl (C=O) groups is 1. The summed E-state index contributed by atoms with van der Waals surface area (Å²) in [6.07, 6.45) is 2.46. The first kappa shape index (κ1) is 15.9. The van der Waals surface area contributed by atoms with Gasteiger partial charge in [-0.1, -0.05) is 13.0 Å². The minimum absolute atomic E-state index is 0.222. The predicted octanol–water partition coefficient (Wildman–Crippen LogP) is 2.37. The summed E-state index contributed by atoms with van der Waals surface area (Å²) in [5.41, 5.74) is 7.59. The molecular formula is C17H20N6O. The van der Waals surface area contributed by atoms with Gasteiger partial charge in [-0.15, -0.1) is 10.2 Å². The lowest BCUT2D eigenvalue weighted by Gasteiger charge is -2.13. The first-order chi connectivity index (χ1) is 11.5. The zero-order valence-electron chi connectivity index (χ0n) is 14.0. The van der Waals surface area contributed by atoms with E-state index in [-0.39, 0.29) is 6.04 Å². The number of rotatable bonds is 5. The third kappa shape index (κ3) is 2.68. The Labute approximate surface area is 140 Å². The lowest BCUT2D eigenvalue weighted by Crippen LogP contribution is -2.18. The van der Waals surface area contributed by atoms with Gasteiger partial charge in [0.1, 0.15) is 23.5 Å². The van der Waals surface area contributed by atoms with E-state index in [1.807, 2.05) is 35.8 Å². The molecule has 0 aromatic carbocycles. The second-order valence-corrected chi connectivity index (χ2v) is 5.80. The third-order valence-electron chi connectivity index (χ3n) is 3.90. The van der Waals surface area contributed by atoms with Crippen molar-refractivity contribution < 1.29 is 4.79 Å². The normalized spacial score (nSPS) is 11.2. The van der Waals surface area contributed by atoms with Gasteiger partial charge in [0.15, 0.2) is 5.82 Å².